The van der Waals surface area contributed by atoms with Gasteiger partial charge in [0.1, 0.15) is 23.4 Å². The molecule has 2 aliphatic heterocycles. The lowest BCUT2D eigenvalue weighted by Crippen LogP contribution is -2.45. The number of aliphatic imine (C=N–C) groups is 1. The predicted molar refractivity (Wildman–Crippen MR) is 140 cm³/mol. The van der Waals surface area contributed by atoms with E-state index in [4.69, 9.17) is 19.2 Å². The van der Waals surface area contributed by atoms with Crippen molar-refractivity contribution in [1.29, 1.82) is 0 Å². The summed E-state index contributed by atoms with van der Waals surface area (Å²) < 4.78 is 16.7. The molecule has 1 amide bonds. The normalized spacial score (nSPS) is 22.1. The lowest BCUT2D eigenvalue weighted by atomic mass is 9.81. The zero-order valence-corrected chi connectivity index (χ0v) is 22.1. The van der Waals surface area contributed by atoms with E-state index in [9.17, 15) is 4.79 Å². The fourth-order valence-corrected chi connectivity index (χ4v) is 5.32. The number of piperidine rings is 1. The van der Waals surface area contributed by atoms with Gasteiger partial charge in [0.15, 0.2) is 0 Å². The standard InChI is InChI=1S/C27H36N6O4/c1-16-5-6-19(16)30-26(34)20-13-23(32-27(31-20)37-17(2)15-35-3)33-11-8-18(9-12-33)25-24-21(14-29-25)28-10-7-22(24)36-4/h7,10,13,16-19H,5-6,8-9,11-12,14-15H2,1-4H3,(H,30,34)/t16?,17-,19?/m1/s1. The maximum atomic E-state index is 13.1. The highest BCUT2D eigenvalue weighted by Crippen LogP contribution is 2.34. The maximum Gasteiger partial charge on any atom is 0.319 e. The highest BCUT2D eigenvalue weighted by Gasteiger charge is 2.32. The van der Waals surface area contributed by atoms with E-state index in [-0.39, 0.29) is 24.1 Å². The highest BCUT2D eigenvalue weighted by molar-refractivity contribution is 6.07. The number of nitrogens with zero attached hydrogens (tertiary/aromatic N) is 5. The van der Waals surface area contributed by atoms with Crippen LogP contribution in [0.4, 0.5) is 5.82 Å². The van der Waals surface area contributed by atoms with Gasteiger partial charge in [0.25, 0.3) is 5.91 Å². The summed E-state index contributed by atoms with van der Waals surface area (Å²) in [5.41, 5.74) is 3.46. The molecule has 0 radical (unpaired) electrons. The summed E-state index contributed by atoms with van der Waals surface area (Å²) in [5, 5.41) is 3.12. The minimum absolute atomic E-state index is 0.184. The van der Waals surface area contributed by atoms with Crippen LogP contribution >= 0.6 is 0 Å². The van der Waals surface area contributed by atoms with Crippen LogP contribution in [0, 0.1) is 11.8 Å². The Balaban J connectivity index is 1.32. The van der Waals surface area contributed by atoms with Gasteiger partial charge < -0.3 is 24.4 Å². The second kappa shape index (κ2) is 11.0. The molecule has 2 fully saturated rings. The van der Waals surface area contributed by atoms with Gasteiger partial charge in [-0.3, -0.25) is 14.8 Å². The zero-order valence-electron chi connectivity index (χ0n) is 22.1. The molecular formula is C27H36N6O4. The number of carbonyl (C=O) groups is 1. The fourth-order valence-electron chi connectivity index (χ4n) is 5.32. The van der Waals surface area contributed by atoms with Gasteiger partial charge in [0.2, 0.25) is 0 Å². The van der Waals surface area contributed by atoms with Crippen molar-refractivity contribution in [3.8, 4) is 11.8 Å². The monoisotopic (exact) mass is 508 g/mol. The Morgan fingerprint density at radius 1 is 1.19 bits per heavy atom. The second-order valence-electron chi connectivity index (χ2n) is 10.2. The maximum absolute atomic E-state index is 13.1. The first kappa shape index (κ1) is 25.4. The number of anilines is 1. The zero-order chi connectivity index (χ0) is 25.9. The summed E-state index contributed by atoms with van der Waals surface area (Å²) in [5.74, 6) is 2.16. The number of methoxy groups -OCH3 is 2. The van der Waals surface area contributed by atoms with E-state index < -0.39 is 0 Å². The smallest absolute Gasteiger partial charge is 0.319 e. The third kappa shape index (κ3) is 5.39. The van der Waals surface area contributed by atoms with Gasteiger partial charge in [0.05, 0.1) is 37.2 Å². The van der Waals surface area contributed by atoms with Crippen LogP contribution in [0.1, 0.15) is 61.3 Å². The minimum Gasteiger partial charge on any atom is -0.496 e. The van der Waals surface area contributed by atoms with Crippen molar-refractivity contribution in [2.45, 2.75) is 58.2 Å². The summed E-state index contributed by atoms with van der Waals surface area (Å²) in [6.45, 7) is 6.63. The molecule has 0 aromatic carbocycles. The minimum atomic E-state index is -0.238. The van der Waals surface area contributed by atoms with Crippen LogP contribution < -0.4 is 19.7 Å². The Labute approximate surface area is 217 Å². The molecule has 3 atom stereocenters. The molecule has 3 aliphatic rings. The Bertz CT molecular complexity index is 1160. The number of amides is 1. The Morgan fingerprint density at radius 2 is 2.00 bits per heavy atom. The Morgan fingerprint density at radius 3 is 2.68 bits per heavy atom. The average Bonchev–Trinajstić information content (AvgIpc) is 3.35. The van der Waals surface area contributed by atoms with Crippen molar-refractivity contribution in [2.24, 2.45) is 16.8 Å². The van der Waals surface area contributed by atoms with E-state index in [0.29, 0.717) is 36.5 Å². The lowest BCUT2D eigenvalue weighted by molar-refractivity contribution is 0.0829. The van der Waals surface area contributed by atoms with Crippen LogP contribution in [0.25, 0.3) is 0 Å². The first-order valence-electron chi connectivity index (χ1n) is 13.1. The number of hydrogen-bond acceptors (Lipinski definition) is 9. The molecular weight excluding hydrogens is 472 g/mol. The SMILES string of the molecule is COC[C@@H](C)Oc1nc(C(=O)NC2CCC2C)cc(N2CCC(C3=NCc4nccc(OC)c43)CC2)n1. The van der Waals surface area contributed by atoms with Crippen molar-refractivity contribution < 1.29 is 19.0 Å². The second-order valence-corrected chi connectivity index (χ2v) is 10.2. The number of hydrogen-bond donors (Lipinski definition) is 1. The lowest BCUT2D eigenvalue weighted by Gasteiger charge is -2.35. The van der Waals surface area contributed by atoms with Crippen molar-refractivity contribution in [2.75, 3.05) is 38.8 Å². The molecule has 10 nitrogen and oxygen atoms in total. The highest BCUT2D eigenvalue weighted by atomic mass is 16.5. The molecule has 1 aliphatic carbocycles. The van der Waals surface area contributed by atoms with Crippen molar-refractivity contribution in [3.05, 3.63) is 35.3 Å². The summed E-state index contributed by atoms with van der Waals surface area (Å²) >= 11 is 0. The number of pyridine rings is 1. The number of rotatable bonds is 9. The number of fused-ring (bicyclic) bond motifs is 1. The van der Waals surface area contributed by atoms with E-state index in [0.717, 1.165) is 61.5 Å². The molecule has 0 bridgehead atoms. The summed E-state index contributed by atoms with van der Waals surface area (Å²) in [6.07, 6.45) is 5.50. The van der Waals surface area contributed by atoms with Gasteiger partial charge in [-0.05, 0) is 44.6 Å². The van der Waals surface area contributed by atoms with Gasteiger partial charge in [-0.1, -0.05) is 6.92 Å². The van der Waals surface area contributed by atoms with Crippen LogP contribution in [0.15, 0.2) is 23.3 Å². The van der Waals surface area contributed by atoms with Gasteiger partial charge in [0, 0.05) is 44.4 Å². The molecule has 1 N–H and O–H groups in total. The molecule has 0 spiro atoms. The largest absolute Gasteiger partial charge is 0.496 e. The molecule has 2 aromatic rings. The average molecular weight is 509 g/mol. The van der Waals surface area contributed by atoms with E-state index in [1.54, 1.807) is 26.5 Å². The molecule has 10 heteroatoms. The quantitative estimate of drug-likeness (QED) is 0.550. The van der Waals surface area contributed by atoms with Gasteiger partial charge >= 0.3 is 6.01 Å². The first-order chi connectivity index (χ1) is 18.0. The molecule has 1 saturated heterocycles. The van der Waals surface area contributed by atoms with E-state index >= 15 is 0 Å². The number of ether oxygens (including phenoxy) is 3. The molecule has 5 rings (SSSR count). The molecule has 4 heterocycles. The van der Waals surface area contributed by atoms with E-state index in [1.807, 2.05) is 13.0 Å². The fraction of sp³-hybridized carbons (Fsp3) is 0.593. The van der Waals surface area contributed by atoms with Crippen LogP contribution in [0.5, 0.6) is 11.8 Å². The van der Waals surface area contributed by atoms with E-state index in [1.165, 1.54) is 0 Å². The van der Waals surface area contributed by atoms with Crippen LogP contribution in [-0.4, -0.2) is 72.6 Å². The van der Waals surface area contributed by atoms with Crippen LogP contribution in [0.3, 0.4) is 0 Å². The van der Waals surface area contributed by atoms with Gasteiger partial charge in [-0.2, -0.15) is 9.97 Å². The number of aromatic nitrogens is 3. The first-order valence-corrected chi connectivity index (χ1v) is 13.1. The summed E-state index contributed by atoms with van der Waals surface area (Å²) in [4.78, 5) is 33.7. The number of carbonyl (C=O) groups excluding carboxylic acids is 1. The van der Waals surface area contributed by atoms with E-state index in [2.05, 4.69) is 32.1 Å². The third-order valence-corrected chi connectivity index (χ3v) is 7.64. The molecule has 198 valence electrons. The van der Waals surface area contributed by atoms with Crippen LogP contribution in [0.2, 0.25) is 0 Å². The van der Waals surface area contributed by atoms with Gasteiger partial charge in [-0.25, -0.2) is 0 Å². The summed E-state index contributed by atoms with van der Waals surface area (Å²) in [7, 11) is 3.31. The van der Waals surface area contributed by atoms with Crippen molar-refractivity contribution in [1.82, 2.24) is 20.3 Å². The molecule has 2 aromatic heterocycles. The Hall–Kier alpha value is -3.27. The van der Waals surface area contributed by atoms with Gasteiger partial charge in [-0.15, -0.1) is 0 Å². The third-order valence-electron chi connectivity index (χ3n) is 7.64. The predicted octanol–water partition coefficient (Wildman–Crippen LogP) is 3.04. The van der Waals surface area contributed by atoms with Crippen LogP contribution in [-0.2, 0) is 11.3 Å². The topological polar surface area (TPSA) is 111 Å². The number of nitrogens with one attached hydrogen (secondary N) is 1. The molecule has 2 unspecified atom stereocenters. The summed E-state index contributed by atoms with van der Waals surface area (Å²) in [6, 6.07) is 4.07. The Kier molecular flexibility index (Phi) is 7.55. The molecule has 37 heavy (non-hydrogen) atoms. The molecule has 1 saturated carbocycles. The van der Waals surface area contributed by atoms with Crippen molar-refractivity contribution in [3.63, 3.8) is 0 Å². The van der Waals surface area contributed by atoms with Crippen molar-refractivity contribution >= 4 is 17.4 Å².